The van der Waals surface area contributed by atoms with Crippen molar-refractivity contribution in [2.75, 3.05) is 18.0 Å². The van der Waals surface area contributed by atoms with Crippen LogP contribution in [0.4, 0.5) is 5.69 Å². The first-order valence-corrected chi connectivity index (χ1v) is 10.6. The third-order valence-corrected chi connectivity index (χ3v) is 6.32. The van der Waals surface area contributed by atoms with E-state index in [0.717, 1.165) is 36.5 Å². The molecule has 0 atom stereocenters. The minimum atomic E-state index is -0.00771. The normalized spacial score (nSPS) is 14.9. The Morgan fingerprint density at radius 3 is 2.57 bits per heavy atom. The second kappa shape index (κ2) is 8.15. The van der Waals surface area contributed by atoms with Gasteiger partial charge in [0.15, 0.2) is 0 Å². The molecule has 0 radical (unpaired) electrons. The highest BCUT2D eigenvalue weighted by Gasteiger charge is 2.22. The summed E-state index contributed by atoms with van der Waals surface area (Å²) in [5.41, 5.74) is 4.78. The molecule has 0 unspecified atom stereocenters. The molecule has 1 aliphatic rings. The molecule has 144 valence electrons. The van der Waals surface area contributed by atoms with Crippen molar-refractivity contribution in [1.29, 1.82) is 0 Å². The summed E-state index contributed by atoms with van der Waals surface area (Å²) in [5, 5.41) is 4.10. The fourth-order valence-corrected chi connectivity index (χ4v) is 4.64. The fraction of sp³-hybridized carbons (Fsp3) is 0.304. The molecule has 1 saturated heterocycles. The van der Waals surface area contributed by atoms with Gasteiger partial charge in [-0.3, -0.25) is 4.79 Å². The van der Waals surface area contributed by atoms with Crippen LogP contribution >= 0.6 is 11.3 Å². The molecule has 0 saturated carbocycles. The zero-order valence-corrected chi connectivity index (χ0v) is 17.1. The Labute approximate surface area is 170 Å². The van der Waals surface area contributed by atoms with Crippen molar-refractivity contribution >= 4 is 22.9 Å². The number of aromatic nitrogens is 1. The van der Waals surface area contributed by atoms with E-state index < -0.39 is 0 Å². The number of aryl methyl sites for hydroxylation is 2. The highest BCUT2D eigenvalue weighted by molar-refractivity contribution is 7.16. The Morgan fingerprint density at radius 1 is 1.11 bits per heavy atom. The molecule has 1 fully saturated rings. The van der Waals surface area contributed by atoms with Gasteiger partial charge in [-0.1, -0.05) is 42.0 Å². The second-order valence-electron chi connectivity index (χ2n) is 7.42. The van der Waals surface area contributed by atoms with Crippen LogP contribution in [0.25, 0.3) is 10.6 Å². The number of thiazole rings is 1. The highest BCUT2D eigenvalue weighted by Crippen LogP contribution is 2.29. The van der Waals surface area contributed by atoms with Crippen molar-refractivity contribution < 1.29 is 4.79 Å². The molecule has 2 aromatic carbocycles. The Bertz CT molecular complexity index is 959. The van der Waals surface area contributed by atoms with Crippen LogP contribution in [0.3, 0.4) is 0 Å². The van der Waals surface area contributed by atoms with Gasteiger partial charge in [-0.05, 0) is 44.4 Å². The van der Waals surface area contributed by atoms with E-state index in [-0.39, 0.29) is 11.9 Å². The molecule has 5 heteroatoms. The number of para-hydroxylation sites is 1. The summed E-state index contributed by atoms with van der Waals surface area (Å²) >= 11 is 1.47. The van der Waals surface area contributed by atoms with Crippen LogP contribution in [0.2, 0.25) is 0 Å². The van der Waals surface area contributed by atoms with Crippen LogP contribution in [-0.4, -0.2) is 30.0 Å². The molecule has 0 aliphatic carbocycles. The number of carbonyl (C=O) groups excluding carboxylic acids is 1. The minimum Gasteiger partial charge on any atom is -0.371 e. The van der Waals surface area contributed by atoms with Crippen molar-refractivity contribution in [1.82, 2.24) is 10.3 Å². The van der Waals surface area contributed by atoms with Crippen molar-refractivity contribution in [3.8, 4) is 10.6 Å². The number of nitrogens with zero attached hydrogens (tertiary/aromatic N) is 2. The fourth-order valence-electron chi connectivity index (χ4n) is 3.73. The predicted octanol–water partition coefficient (Wildman–Crippen LogP) is 4.83. The Hall–Kier alpha value is -2.66. The van der Waals surface area contributed by atoms with Crippen LogP contribution in [0, 0.1) is 13.8 Å². The monoisotopic (exact) mass is 391 g/mol. The van der Waals surface area contributed by atoms with Gasteiger partial charge >= 0.3 is 0 Å². The molecule has 28 heavy (non-hydrogen) atoms. The van der Waals surface area contributed by atoms with E-state index >= 15 is 0 Å². The number of hydrogen-bond acceptors (Lipinski definition) is 4. The highest BCUT2D eigenvalue weighted by atomic mass is 32.1. The third-order valence-electron chi connectivity index (χ3n) is 5.29. The number of rotatable bonds is 4. The van der Waals surface area contributed by atoms with Gasteiger partial charge in [-0.2, -0.15) is 0 Å². The van der Waals surface area contributed by atoms with E-state index in [1.807, 2.05) is 6.07 Å². The summed E-state index contributed by atoms with van der Waals surface area (Å²) < 4.78 is 0. The smallest absolute Gasteiger partial charge is 0.263 e. The number of carbonyl (C=O) groups is 1. The maximum atomic E-state index is 12.7. The van der Waals surface area contributed by atoms with E-state index in [2.05, 4.69) is 71.5 Å². The first-order valence-electron chi connectivity index (χ1n) is 9.74. The van der Waals surface area contributed by atoms with Crippen LogP contribution in [-0.2, 0) is 0 Å². The van der Waals surface area contributed by atoms with Crippen molar-refractivity contribution in [3.05, 3.63) is 70.7 Å². The lowest BCUT2D eigenvalue weighted by Gasteiger charge is -2.33. The van der Waals surface area contributed by atoms with E-state index in [0.29, 0.717) is 4.88 Å². The summed E-state index contributed by atoms with van der Waals surface area (Å²) in [6.07, 6.45) is 3.63. The van der Waals surface area contributed by atoms with Crippen LogP contribution in [0.5, 0.6) is 0 Å². The number of piperidine rings is 1. The molecule has 0 spiro atoms. The average Bonchev–Trinajstić information content (AvgIpc) is 3.19. The standard InChI is InChI=1S/C23H25N3OS/c1-16-8-9-20(17(2)14-16)23-24-15-21(28-23)22(27)25-18-10-12-26(13-11-18)19-6-4-3-5-7-19/h3-9,14-15,18H,10-13H2,1-2H3,(H,25,27). The quantitative estimate of drug-likeness (QED) is 0.693. The van der Waals surface area contributed by atoms with Crippen molar-refractivity contribution in [2.24, 2.45) is 0 Å². The largest absolute Gasteiger partial charge is 0.371 e. The Kier molecular flexibility index (Phi) is 5.44. The molecule has 0 bridgehead atoms. The molecule has 1 N–H and O–H groups in total. The van der Waals surface area contributed by atoms with Gasteiger partial charge in [-0.15, -0.1) is 11.3 Å². The lowest BCUT2D eigenvalue weighted by Crippen LogP contribution is -2.44. The molecule has 4 rings (SSSR count). The minimum absolute atomic E-state index is 0.00771. The zero-order valence-electron chi connectivity index (χ0n) is 16.3. The van der Waals surface area contributed by atoms with Crippen LogP contribution < -0.4 is 10.2 Å². The maximum absolute atomic E-state index is 12.7. The molecule has 1 aromatic heterocycles. The number of anilines is 1. The third kappa shape index (κ3) is 4.09. The zero-order chi connectivity index (χ0) is 19.5. The number of benzene rings is 2. The lowest BCUT2D eigenvalue weighted by molar-refractivity contribution is 0.0935. The van der Waals surface area contributed by atoms with Gasteiger partial charge < -0.3 is 10.2 Å². The number of hydrogen-bond donors (Lipinski definition) is 1. The first kappa shape index (κ1) is 18.7. The molecule has 3 aromatic rings. The van der Waals surface area contributed by atoms with E-state index in [4.69, 9.17) is 0 Å². The lowest BCUT2D eigenvalue weighted by atomic mass is 10.0. The first-order chi connectivity index (χ1) is 13.6. The molecular formula is C23H25N3OS. The number of amides is 1. The van der Waals surface area contributed by atoms with Crippen molar-refractivity contribution in [2.45, 2.75) is 32.7 Å². The van der Waals surface area contributed by atoms with Gasteiger partial charge in [0.25, 0.3) is 5.91 Å². The molecule has 2 heterocycles. The van der Waals surface area contributed by atoms with Gasteiger partial charge in [0.1, 0.15) is 9.88 Å². The van der Waals surface area contributed by atoms with Crippen LogP contribution in [0.1, 0.15) is 33.6 Å². The van der Waals surface area contributed by atoms with Gasteiger partial charge in [0.2, 0.25) is 0 Å². The molecule has 1 aliphatic heterocycles. The summed E-state index contributed by atoms with van der Waals surface area (Å²) in [6, 6.07) is 17.0. The van der Waals surface area contributed by atoms with E-state index in [1.165, 1.54) is 28.2 Å². The Balaban J connectivity index is 1.37. The number of nitrogens with one attached hydrogen (secondary N) is 1. The molecule has 4 nitrogen and oxygen atoms in total. The molecular weight excluding hydrogens is 366 g/mol. The maximum Gasteiger partial charge on any atom is 0.263 e. The van der Waals surface area contributed by atoms with Gasteiger partial charge in [0, 0.05) is 30.4 Å². The molecule has 1 amide bonds. The van der Waals surface area contributed by atoms with E-state index in [1.54, 1.807) is 6.20 Å². The summed E-state index contributed by atoms with van der Waals surface area (Å²) in [4.78, 5) is 20.2. The van der Waals surface area contributed by atoms with E-state index in [9.17, 15) is 4.79 Å². The second-order valence-corrected chi connectivity index (χ2v) is 8.45. The van der Waals surface area contributed by atoms with Gasteiger partial charge in [-0.25, -0.2) is 4.98 Å². The Morgan fingerprint density at radius 2 is 1.86 bits per heavy atom. The predicted molar refractivity (Wildman–Crippen MR) is 116 cm³/mol. The average molecular weight is 392 g/mol. The summed E-state index contributed by atoms with van der Waals surface area (Å²) in [7, 11) is 0. The van der Waals surface area contributed by atoms with Crippen molar-refractivity contribution in [3.63, 3.8) is 0 Å². The topological polar surface area (TPSA) is 45.2 Å². The van der Waals surface area contributed by atoms with Crippen LogP contribution in [0.15, 0.2) is 54.7 Å². The SMILES string of the molecule is Cc1ccc(-c2ncc(C(=O)NC3CCN(c4ccccc4)CC3)s2)c(C)c1. The van der Waals surface area contributed by atoms with Gasteiger partial charge in [0.05, 0.1) is 6.20 Å². The summed E-state index contributed by atoms with van der Waals surface area (Å²) in [5.74, 6) is -0.00771. The summed E-state index contributed by atoms with van der Waals surface area (Å²) in [6.45, 7) is 6.10.